The van der Waals surface area contributed by atoms with Gasteiger partial charge < -0.3 is 18.9 Å². The maximum Gasteiger partial charge on any atom is 0.379 e. The van der Waals surface area contributed by atoms with Crippen molar-refractivity contribution in [1.82, 2.24) is 0 Å². The SMILES string of the molecule is CCOC(=O)C(=O)c1c(OC)cc(OC)c(OC)c1Cl. The lowest BCUT2D eigenvalue weighted by Crippen LogP contribution is -2.19. The Hall–Kier alpha value is -1.95. The molecule has 0 radical (unpaired) electrons. The van der Waals surface area contributed by atoms with Gasteiger partial charge in [0.15, 0.2) is 11.5 Å². The summed E-state index contributed by atoms with van der Waals surface area (Å²) in [5.41, 5.74) is -0.120. The third-order valence-corrected chi connectivity index (χ3v) is 2.84. The van der Waals surface area contributed by atoms with Crippen LogP contribution in [0.5, 0.6) is 17.2 Å². The van der Waals surface area contributed by atoms with Crippen molar-refractivity contribution in [2.24, 2.45) is 0 Å². The Bertz CT molecular complexity index is 526. The van der Waals surface area contributed by atoms with Gasteiger partial charge in [0.25, 0.3) is 5.78 Å². The molecular formula is C13H15ClO6. The van der Waals surface area contributed by atoms with Gasteiger partial charge in [-0.1, -0.05) is 11.6 Å². The lowest BCUT2D eigenvalue weighted by molar-refractivity contribution is -0.137. The van der Waals surface area contributed by atoms with E-state index in [-0.39, 0.29) is 34.4 Å². The predicted octanol–water partition coefficient (Wildman–Crippen LogP) is 2.11. The Labute approximate surface area is 121 Å². The molecule has 0 saturated carbocycles. The molecule has 0 atom stereocenters. The number of hydrogen-bond donors (Lipinski definition) is 0. The van der Waals surface area contributed by atoms with E-state index in [1.807, 2.05) is 0 Å². The fraction of sp³-hybridized carbons (Fsp3) is 0.385. The van der Waals surface area contributed by atoms with Gasteiger partial charge in [-0.25, -0.2) is 4.79 Å². The molecule has 0 aliphatic rings. The lowest BCUT2D eigenvalue weighted by Gasteiger charge is -2.15. The van der Waals surface area contributed by atoms with Crippen LogP contribution in [0, 0.1) is 0 Å². The number of carbonyl (C=O) groups is 2. The minimum Gasteiger partial charge on any atom is -0.496 e. The topological polar surface area (TPSA) is 71.1 Å². The van der Waals surface area contributed by atoms with E-state index in [1.54, 1.807) is 6.92 Å². The van der Waals surface area contributed by atoms with E-state index >= 15 is 0 Å². The molecule has 20 heavy (non-hydrogen) atoms. The molecule has 1 aromatic carbocycles. The van der Waals surface area contributed by atoms with Gasteiger partial charge in [-0.05, 0) is 6.92 Å². The zero-order valence-corrected chi connectivity index (χ0v) is 12.4. The van der Waals surface area contributed by atoms with E-state index in [0.717, 1.165) is 0 Å². The largest absolute Gasteiger partial charge is 0.496 e. The quantitative estimate of drug-likeness (QED) is 0.455. The summed E-state index contributed by atoms with van der Waals surface area (Å²) in [6, 6.07) is 1.41. The molecule has 6 nitrogen and oxygen atoms in total. The first kappa shape index (κ1) is 16.1. The maximum atomic E-state index is 12.1. The molecule has 0 spiro atoms. The van der Waals surface area contributed by atoms with Crippen molar-refractivity contribution < 1.29 is 28.5 Å². The molecule has 0 heterocycles. The van der Waals surface area contributed by atoms with Crippen LogP contribution in [0.1, 0.15) is 17.3 Å². The zero-order chi connectivity index (χ0) is 15.3. The van der Waals surface area contributed by atoms with E-state index in [4.69, 9.17) is 25.8 Å². The average molecular weight is 303 g/mol. The Kier molecular flexibility index (Phi) is 5.64. The molecule has 1 rings (SSSR count). The Balaban J connectivity index is 3.44. The molecule has 0 amide bonds. The summed E-state index contributed by atoms with van der Waals surface area (Å²) in [4.78, 5) is 23.6. The smallest absolute Gasteiger partial charge is 0.379 e. The van der Waals surface area contributed by atoms with Crippen LogP contribution in [-0.4, -0.2) is 39.7 Å². The molecule has 0 aromatic heterocycles. The summed E-state index contributed by atoms with van der Waals surface area (Å²) in [6.07, 6.45) is 0. The number of ketones is 1. The van der Waals surface area contributed by atoms with E-state index in [0.29, 0.717) is 0 Å². The third kappa shape index (κ3) is 2.96. The number of hydrogen-bond acceptors (Lipinski definition) is 6. The summed E-state index contributed by atoms with van der Waals surface area (Å²) < 4.78 is 19.9. The number of carbonyl (C=O) groups excluding carboxylic acids is 2. The van der Waals surface area contributed by atoms with Crippen molar-refractivity contribution in [2.45, 2.75) is 6.92 Å². The second-order valence-corrected chi connectivity index (χ2v) is 3.93. The second kappa shape index (κ2) is 7.00. The van der Waals surface area contributed by atoms with Crippen molar-refractivity contribution in [3.05, 3.63) is 16.7 Å². The Morgan fingerprint density at radius 3 is 2.15 bits per heavy atom. The first-order valence-electron chi connectivity index (χ1n) is 5.71. The van der Waals surface area contributed by atoms with E-state index in [2.05, 4.69) is 4.74 Å². The highest BCUT2D eigenvalue weighted by molar-refractivity contribution is 6.46. The van der Waals surface area contributed by atoms with Crippen LogP contribution >= 0.6 is 11.6 Å². The standard InChI is InChI=1S/C13H15ClO6/c1-5-20-13(16)11(15)9-7(17-2)6-8(18-3)12(19-4)10(9)14/h6H,5H2,1-4H3. The van der Waals surface area contributed by atoms with Crippen LogP contribution < -0.4 is 14.2 Å². The van der Waals surface area contributed by atoms with Crippen LogP contribution in [0.25, 0.3) is 0 Å². The van der Waals surface area contributed by atoms with Crippen LogP contribution in [-0.2, 0) is 9.53 Å². The van der Waals surface area contributed by atoms with Crippen LogP contribution in [0.4, 0.5) is 0 Å². The number of ether oxygens (including phenoxy) is 4. The first-order chi connectivity index (χ1) is 9.51. The normalized spacial score (nSPS) is 9.85. The van der Waals surface area contributed by atoms with E-state index in [1.165, 1.54) is 27.4 Å². The maximum absolute atomic E-state index is 12.1. The summed E-state index contributed by atoms with van der Waals surface area (Å²) in [7, 11) is 4.13. The molecule has 7 heteroatoms. The van der Waals surface area contributed by atoms with Gasteiger partial charge in [0.1, 0.15) is 10.8 Å². The van der Waals surface area contributed by atoms with E-state index in [9.17, 15) is 9.59 Å². The third-order valence-electron chi connectivity index (χ3n) is 2.48. The fourth-order valence-electron chi connectivity index (χ4n) is 1.60. The van der Waals surface area contributed by atoms with Crippen molar-refractivity contribution >= 4 is 23.4 Å². The molecular weight excluding hydrogens is 288 g/mol. The number of halogens is 1. The molecule has 0 saturated heterocycles. The zero-order valence-electron chi connectivity index (χ0n) is 11.6. The molecule has 0 bridgehead atoms. The molecule has 0 aliphatic heterocycles. The number of methoxy groups -OCH3 is 3. The second-order valence-electron chi connectivity index (χ2n) is 3.55. The van der Waals surface area contributed by atoms with Gasteiger partial charge in [-0.2, -0.15) is 0 Å². The van der Waals surface area contributed by atoms with Crippen molar-refractivity contribution in [3.63, 3.8) is 0 Å². The summed E-state index contributed by atoms with van der Waals surface area (Å²) in [6.45, 7) is 1.68. The van der Waals surface area contributed by atoms with Crippen molar-refractivity contribution in [3.8, 4) is 17.2 Å². The van der Waals surface area contributed by atoms with Crippen molar-refractivity contribution in [2.75, 3.05) is 27.9 Å². The van der Waals surface area contributed by atoms with E-state index < -0.39 is 11.8 Å². The van der Waals surface area contributed by atoms with Crippen LogP contribution in [0.3, 0.4) is 0 Å². The van der Waals surface area contributed by atoms with Gasteiger partial charge in [-0.3, -0.25) is 4.79 Å². The Morgan fingerprint density at radius 1 is 1.10 bits per heavy atom. The fourth-order valence-corrected chi connectivity index (χ4v) is 1.95. The van der Waals surface area contributed by atoms with Gasteiger partial charge in [-0.15, -0.1) is 0 Å². The predicted molar refractivity (Wildman–Crippen MR) is 72.1 cm³/mol. The lowest BCUT2D eigenvalue weighted by atomic mass is 10.1. The number of Topliss-reactive ketones (excluding diaryl/α,β-unsaturated/α-hetero) is 1. The number of benzene rings is 1. The molecule has 0 aliphatic carbocycles. The van der Waals surface area contributed by atoms with Gasteiger partial charge >= 0.3 is 5.97 Å². The highest BCUT2D eigenvalue weighted by Crippen LogP contribution is 2.43. The van der Waals surface area contributed by atoms with Crippen LogP contribution in [0.15, 0.2) is 6.07 Å². The van der Waals surface area contributed by atoms with Crippen molar-refractivity contribution in [1.29, 1.82) is 0 Å². The van der Waals surface area contributed by atoms with Gasteiger partial charge in [0, 0.05) is 6.07 Å². The molecule has 1 aromatic rings. The van der Waals surface area contributed by atoms with Gasteiger partial charge in [0.2, 0.25) is 0 Å². The van der Waals surface area contributed by atoms with Crippen LogP contribution in [0.2, 0.25) is 5.02 Å². The first-order valence-corrected chi connectivity index (χ1v) is 6.09. The summed E-state index contributed by atoms with van der Waals surface area (Å²) >= 11 is 6.10. The molecule has 0 fully saturated rings. The highest BCUT2D eigenvalue weighted by Gasteiger charge is 2.29. The Morgan fingerprint density at radius 2 is 1.70 bits per heavy atom. The number of esters is 1. The highest BCUT2D eigenvalue weighted by atomic mass is 35.5. The van der Waals surface area contributed by atoms with Gasteiger partial charge in [0.05, 0.1) is 33.5 Å². The molecule has 110 valence electrons. The minimum atomic E-state index is -1.01. The summed E-state index contributed by atoms with van der Waals surface area (Å²) in [5, 5.41) is -0.0678. The minimum absolute atomic E-state index is 0.0678. The average Bonchev–Trinajstić information content (AvgIpc) is 2.45. The molecule has 0 N–H and O–H groups in total. The molecule has 0 unspecified atom stereocenters. The number of rotatable bonds is 6. The summed E-state index contributed by atoms with van der Waals surface area (Å²) in [5.74, 6) is -1.39. The monoisotopic (exact) mass is 302 g/mol.